The number of anilines is 1. The number of fused-ring (bicyclic) bond motifs is 2. The molecule has 4 aromatic rings. The van der Waals surface area contributed by atoms with Crippen LogP contribution in [0.5, 0.6) is 28.7 Å². The maximum absolute atomic E-state index is 13.4. The number of hydrogen-bond acceptors (Lipinski definition) is 19. The van der Waals surface area contributed by atoms with E-state index < -0.39 is 48.4 Å². The van der Waals surface area contributed by atoms with E-state index in [1.165, 1.54) is 55.9 Å². The number of ether oxygens (including phenoxy) is 7. The summed E-state index contributed by atoms with van der Waals surface area (Å²) in [4.78, 5) is 114. The van der Waals surface area contributed by atoms with Crippen molar-refractivity contribution in [2.45, 2.75) is 115 Å². The highest BCUT2D eigenvalue weighted by molar-refractivity contribution is 7.20. The zero-order chi connectivity index (χ0) is 57.5. The number of rotatable bonds is 30. The molecule has 24 nitrogen and oxygen atoms in total. The number of esters is 1. The van der Waals surface area contributed by atoms with E-state index in [2.05, 4.69) is 10.6 Å². The number of nitrogens with one attached hydrogen (secondary N) is 2. The van der Waals surface area contributed by atoms with Gasteiger partial charge in [-0.2, -0.15) is 0 Å². The Morgan fingerprint density at radius 3 is 2.10 bits per heavy atom. The van der Waals surface area contributed by atoms with E-state index in [1.54, 1.807) is 29.2 Å². The van der Waals surface area contributed by atoms with Crippen molar-refractivity contribution in [3.8, 4) is 28.7 Å². The van der Waals surface area contributed by atoms with Crippen molar-refractivity contribution in [3.63, 3.8) is 0 Å². The zero-order valence-corrected chi connectivity index (χ0v) is 44.8. The number of amides is 5. The van der Waals surface area contributed by atoms with Crippen molar-refractivity contribution in [1.82, 2.24) is 15.1 Å². The third-order valence-corrected chi connectivity index (χ3v) is 14.2. The molecule has 5 amide bonds. The quantitative estimate of drug-likeness (QED) is 0.0182. The first-order valence-corrected chi connectivity index (χ1v) is 26.6. The number of carbonyl (C=O) groups excluding carboxylic acids is 7. The number of aliphatic carboxylic acids is 2. The number of hydrogen-bond donors (Lipinski definition) is 6. The molecule has 3 aliphatic rings. The molecule has 25 heteroatoms. The minimum absolute atomic E-state index is 0.0157. The fourth-order valence-electron chi connectivity index (χ4n) is 8.81. The number of unbranched alkanes of at least 4 members (excludes halogenated alkanes) is 2. The molecule has 0 aliphatic carbocycles. The Labute approximate surface area is 462 Å². The Morgan fingerprint density at radius 2 is 1.41 bits per heavy atom. The summed E-state index contributed by atoms with van der Waals surface area (Å²) in [5, 5.41) is 45.1. The van der Waals surface area contributed by atoms with Gasteiger partial charge in [-0.05, 0) is 71.3 Å². The molecule has 1 aromatic heterocycles. The molecule has 3 aromatic carbocycles. The maximum atomic E-state index is 13.4. The normalized spacial score (nSPS) is 17.4. The van der Waals surface area contributed by atoms with Gasteiger partial charge >= 0.3 is 17.9 Å². The molecular weight excluding hydrogens is 1070 g/mol. The number of aliphatic hydroxyl groups is 2. The minimum Gasteiger partial charge on any atom is -0.493 e. The van der Waals surface area contributed by atoms with Crippen LogP contribution in [0.25, 0.3) is 10.1 Å². The summed E-state index contributed by atoms with van der Waals surface area (Å²) in [6.07, 6.45) is -3.02. The van der Waals surface area contributed by atoms with Crippen LogP contribution in [0.1, 0.15) is 97.0 Å². The van der Waals surface area contributed by atoms with Crippen LogP contribution in [-0.2, 0) is 67.5 Å². The van der Waals surface area contributed by atoms with E-state index in [-0.39, 0.29) is 132 Å². The molecule has 0 bridgehead atoms. The summed E-state index contributed by atoms with van der Waals surface area (Å²) < 4.78 is 40.8. The number of methoxy groups -OCH3 is 2. The van der Waals surface area contributed by atoms with E-state index in [0.717, 1.165) is 26.1 Å². The number of nitrogens with zero attached hydrogens (tertiary/aromatic N) is 2. The van der Waals surface area contributed by atoms with Crippen molar-refractivity contribution in [2.75, 3.05) is 45.8 Å². The second-order valence-corrected chi connectivity index (χ2v) is 20.0. The summed E-state index contributed by atoms with van der Waals surface area (Å²) in [6.45, 7) is 0.960. The van der Waals surface area contributed by atoms with Crippen LogP contribution in [0.3, 0.4) is 0 Å². The SMILES string of the molecule is COc1cc2c(cc1OCCCOc1cc3cc(C(=O)CCC(=O)O)sc3cc1OC)CN(C(=O)CCC(=O)OCc1ccc(O[C@H]3C[C@@H](O)[C@H](O)[C@@H](C(=O)O)O3)c(NC(=O)CCNC(=O)CCCCCN3C(=O)C=CC3=O)c1)C2. The van der Waals surface area contributed by atoms with Crippen molar-refractivity contribution in [3.05, 3.63) is 82.3 Å². The van der Waals surface area contributed by atoms with Crippen LogP contribution >= 0.6 is 11.3 Å². The van der Waals surface area contributed by atoms with Gasteiger partial charge < -0.3 is 69.1 Å². The molecule has 428 valence electrons. The standard InChI is InChI=1S/C55H62N4O20S/c1-73-39-23-33-28-58(29-34(33)24-42(39)76-20-6-19-75-41-22-32-25-44(36(60)9-14-50(67)68)80-43(32)27-40(41)74-2)47(64)13-15-51(69)77-30-31-8-10-38(78-52-26-37(61)53(70)54(79-52)55(71)72)35(21-31)57-46(63)16-17-56-45(62)7-4-3-5-18-59-48(65)11-12-49(59)66/h8,10-12,21-25,27,37,52-54,61,70H,3-7,9,13-20,26,28-30H2,1-2H3,(H,56,62)(H,57,63)(H,67,68)(H,71,72)/t37-,52-,53+,54+/m1/s1. The molecule has 80 heavy (non-hydrogen) atoms. The molecule has 1 saturated heterocycles. The number of carboxylic acid groups (broad SMARTS) is 2. The highest BCUT2D eigenvalue weighted by atomic mass is 32.1. The first kappa shape index (κ1) is 59.5. The summed E-state index contributed by atoms with van der Waals surface area (Å²) in [5.41, 5.74) is 2.11. The molecule has 0 spiro atoms. The molecule has 0 unspecified atom stereocenters. The average molecular weight is 1130 g/mol. The van der Waals surface area contributed by atoms with Crippen LogP contribution in [0, 0.1) is 0 Å². The molecular formula is C55H62N4O20S. The predicted molar refractivity (Wildman–Crippen MR) is 282 cm³/mol. The van der Waals surface area contributed by atoms with Crippen LogP contribution in [0.4, 0.5) is 5.69 Å². The van der Waals surface area contributed by atoms with Crippen LogP contribution in [-0.4, -0.2) is 149 Å². The van der Waals surface area contributed by atoms with Gasteiger partial charge in [-0.15, -0.1) is 11.3 Å². The Bertz CT molecular complexity index is 2990. The Kier molecular flexibility index (Phi) is 20.9. The van der Waals surface area contributed by atoms with Crippen molar-refractivity contribution in [1.29, 1.82) is 0 Å². The molecule has 4 atom stereocenters. The second-order valence-electron chi connectivity index (χ2n) is 18.9. The maximum Gasteiger partial charge on any atom is 0.335 e. The monoisotopic (exact) mass is 1130 g/mol. The number of carboxylic acids is 2. The summed E-state index contributed by atoms with van der Waals surface area (Å²) in [5.74, 6) is -3.58. The number of benzene rings is 3. The molecule has 6 N–H and O–H groups in total. The van der Waals surface area contributed by atoms with Gasteiger partial charge in [0.2, 0.25) is 24.0 Å². The minimum atomic E-state index is -1.81. The Morgan fingerprint density at radius 1 is 0.725 bits per heavy atom. The summed E-state index contributed by atoms with van der Waals surface area (Å²) >= 11 is 1.25. The predicted octanol–water partition coefficient (Wildman–Crippen LogP) is 4.41. The number of imide groups is 1. The van der Waals surface area contributed by atoms with E-state index in [9.17, 15) is 58.5 Å². The van der Waals surface area contributed by atoms with Gasteiger partial charge in [-0.3, -0.25) is 43.3 Å². The second kappa shape index (κ2) is 28.1. The van der Waals surface area contributed by atoms with Gasteiger partial charge in [-0.25, -0.2) is 4.79 Å². The van der Waals surface area contributed by atoms with Gasteiger partial charge in [0.1, 0.15) is 18.5 Å². The molecule has 1 fully saturated rings. The summed E-state index contributed by atoms with van der Waals surface area (Å²) in [7, 11) is 3.01. The third kappa shape index (κ3) is 16.2. The fraction of sp³-hybridized carbons (Fsp3) is 0.436. The van der Waals surface area contributed by atoms with Gasteiger partial charge in [0.25, 0.3) is 11.8 Å². The number of carbonyl (C=O) groups is 9. The smallest absolute Gasteiger partial charge is 0.335 e. The Balaban J connectivity index is 0.864. The lowest BCUT2D eigenvalue weighted by atomic mass is 10.0. The van der Waals surface area contributed by atoms with Crippen molar-refractivity contribution in [2.24, 2.45) is 0 Å². The number of Topliss-reactive ketones (excluding diaryl/α,β-unsaturated/α-hetero) is 1. The van der Waals surface area contributed by atoms with Crippen molar-refractivity contribution < 1.29 is 96.7 Å². The van der Waals surface area contributed by atoms with Crippen LogP contribution in [0.2, 0.25) is 0 Å². The first-order chi connectivity index (χ1) is 38.4. The molecule has 0 saturated carbocycles. The van der Waals surface area contributed by atoms with E-state index in [4.69, 9.17) is 38.3 Å². The lowest BCUT2D eigenvalue weighted by molar-refractivity contribution is -0.228. The van der Waals surface area contributed by atoms with Crippen LogP contribution in [0.15, 0.2) is 60.7 Å². The first-order valence-electron chi connectivity index (χ1n) is 25.8. The average Bonchev–Trinajstić information content (AvgIpc) is 4.18. The number of aliphatic hydroxyl groups excluding tert-OH is 2. The van der Waals surface area contributed by atoms with E-state index in [0.29, 0.717) is 59.1 Å². The van der Waals surface area contributed by atoms with Gasteiger partial charge in [0, 0.05) is 87.6 Å². The van der Waals surface area contributed by atoms with Crippen molar-refractivity contribution >= 4 is 80.3 Å². The third-order valence-electron chi connectivity index (χ3n) is 13.1. The zero-order valence-electron chi connectivity index (χ0n) is 43.9. The van der Waals surface area contributed by atoms with Gasteiger partial charge in [-0.1, -0.05) is 12.5 Å². The van der Waals surface area contributed by atoms with E-state index in [1.807, 2.05) is 6.07 Å². The topological polar surface area (TPSA) is 330 Å². The highest BCUT2D eigenvalue weighted by Crippen LogP contribution is 2.39. The number of thiophene rings is 1. The van der Waals surface area contributed by atoms with Gasteiger partial charge in [0.15, 0.2) is 34.9 Å². The highest BCUT2D eigenvalue weighted by Gasteiger charge is 2.42. The summed E-state index contributed by atoms with van der Waals surface area (Å²) in [6, 6.07) is 13.2. The largest absolute Gasteiger partial charge is 0.493 e. The van der Waals surface area contributed by atoms with Crippen LogP contribution < -0.4 is 34.3 Å². The van der Waals surface area contributed by atoms with E-state index >= 15 is 0 Å². The Hall–Kier alpha value is -8.13. The molecule has 0 radical (unpaired) electrons. The fourth-order valence-corrected chi connectivity index (χ4v) is 9.85. The van der Waals surface area contributed by atoms with Gasteiger partial charge in [0.05, 0.1) is 56.9 Å². The lowest BCUT2D eigenvalue weighted by Crippen LogP contribution is -2.53. The molecule has 4 heterocycles. The molecule has 7 rings (SSSR count). The number of ketones is 1. The lowest BCUT2D eigenvalue weighted by Gasteiger charge is -2.35. The molecule has 3 aliphatic heterocycles.